The summed E-state index contributed by atoms with van der Waals surface area (Å²) in [6.45, 7) is 0. The Balaban J connectivity index is 2.01. The van der Waals surface area contributed by atoms with Gasteiger partial charge in [0.1, 0.15) is 0 Å². The zero-order chi connectivity index (χ0) is 12.2. The van der Waals surface area contributed by atoms with Crippen molar-refractivity contribution >= 4 is 11.9 Å². The summed E-state index contributed by atoms with van der Waals surface area (Å²) in [5.41, 5.74) is 1.09. The predicted octanol–water partition coefficient (Wildman–Crippen LogP) is 1.08. The molecule has 0 saturated heterocycles. The highest BCUT2D eigenvalue weighted by Crippen LogP contribution is 2.61. The van der Waals surface area contributed by atoms with E-state index in [1.165, 1.54) is 14.2 Å². The number of esters is 2. The number of carbonyl (C=O) groups excluding carboxylic acids is 2. The first-order valence-corrected chi connectivity index (χ1v) is 5.78. The van der Waals surface area contributed by atoms with Crippen molar-refractivity contribution in [3.63, 3.8) is 0 Å². The minimum atomic E-state index is -0.382. The second-order valence-corrected chi connectivity index (χ2v) is 4.81. The van der Waals surface area contributed by atoms with E-state index in [1.54, 1.807) is 0 Å². The van der Waals surface area contributed by atoms with Gasteiger partial charge in [-0.3, -0.25) is 0 Å². The Bertz CT molecular complexity index is 420. The minimum Gasteiger partial charge on any atom is -0.466 e. The van der Waals surface area contributed by atoms with Crippen LogP contribution >= 0.6 is 0 Å². The van der Waals surface area contributed by atoms with Gasteiger partial charge in [0, 0.05) is 11.8 Å². The molecular formula is C13H14O4. The van der Waals surface area contributed by atoms with E-state index < -0.39 is 0 Å². The summed E-state index contributed by atoms with van der Waals surface area (Å²) in [6, 6.07) is 0. The van der Waals surface area contributed by atoms with Crippen LogP contribution in [0.25, 0.3) is 0 Å². The molecule has 3 aliphatic carbocycles. The van der Waals surface area contributed by atoms with Crippen molar-refractivity contribution < 1.29 is 19.1 Å². The fourth-order valence-corrected chi connectivity index (χ4v) is 3.58. The number of fused-ring (bicyclic) bond motifs is 5. The quantitative estimate of drug-likeness (QED) is 0.530. The van der Waals surface area contributed by atoms with Gasteiger partial charge >= 0.3 is 11.9 Å². The van der Waals surface area contributed by atoms with Crippen LogP contribution in [0.1, 0.15) is 6.42 Å². The first-order chi connectivity index (χ1) is 8.19. The van der Waals surface area contributed by atoms with Crippen molar-refractivity contribution in [3.05, 3.63) is 23.3 Å². The molecule has 1 fully saturated rings. The molecular weight excluding hydrogens is 220 g/mol. The van der Waals surface area contributed by atoms with E-state index in [0.29, 0.717) is 23.0 Å². The lowest BCUT2D eigenvalue weighted by Crippen LogP contribution is -2.41. The van der Waals surface area contributed by atoms with Crippen LogP contribution in [0, 0.1) is 23.7 Å². The number of allylic oxidation sites excluding steroid dienone is 2. The molecule has 2 bridgehead atoms. The molecule has 0 amide bonds. The summed E-state index contributed by atoms with van der Waals surface area (Å²) < 4.78 is 9.53. The Kier molecular flexibility index (Phi) is 2.15. The van der Waals surface area contributed by atoms with Gasteiger partial charge in [0.15, 0.2) is 0 Å². The molecule has 0 heterocycles. The highest BCUT2D eigenvalue weighted by atomic mass is 16.5. The second-order valence-electron chi connectivity index (χ2n) is 4.81. The number of hydrogen-bond donors (Lipinski definition) is 0. The molecule has 0 aliphatic heterocycles. The average molecular weight is 234 g/mol. The van der Waals surface area contributed by atoms with Crippen LogP contribution in [0.2, 0.25) is 0 Å². The molecule has 1 saturated carbocycles. The lowest BCUT2D eigenvalue weighted by molar-refractivity contribution is -0.142. The first-order valence-electron chi connectivity index (χ1n) is 5.78. The summed E-state index contributed by atoms with van der Waals surface area (Å²) >= 11 is 0. The van der Waals surface area contributed by atoms with Gasteiger partial charge < -0.3 is 9.47 Å². The van der Waals surface area contributed by atoms with Gasteiger partial charge in [0.25, 0.3) is 0 Å². The van der Waals surface area contributed by atoms with E-state index in [2.05, 4.69) is 12.2 Å². The molecule has 3 rings (SSSR count). The Labute approximate surface area is 99.3 Å². The Morgan fingerprint density at radius 1 is 1.00 bits per heavy atom. The highest BCUT2D eigenvalue weighted by molar-refractivity contribution is 6.04. The zero-order valence-corrected chi connectivity index (χ0v) is 9.80. The summed E-state index contributed by atoms with van der Waals surface area (Å²) in [6.07, 6.45) is 5.35. The topological polar surface area (TPSA) is 52.6 Å². The van der Waals surface area contributed by atoms with E-state index in [1.807, 2.05) is 0 Å². The van der Waals surface area contributed by atoms with E-state index >= 15 is 0 Å². The predicted molar refractivity (Wildman–Crippen MR) is 58.8 cm³/mol. The maximum atomic E-state index is 11.7. The van der Waals surface area contributed by atoms with Gasteiger partial charge in [-0.15, -0.1) is 0 Å². The second kappa shape index (κ2) is 3.45. The third-order valence-electron chi connectivity index (χ3n) is 4.23. The molecule has 4 atom stereocenters. The molecule has 4 nitrogen and oxygen atoms in total. The van der Waals surface area contributed by atoms with E-state index in [-0.39, 0.29) is 23.8 Å². The number of ether oxygens (including phenoxy) is 2. The zero-order valence-electron chi connectivity index (χ0n) is 9.80. The summed E-state index contributed by atoms with van der Waals surface area (Å²) in [7, 11) is 2.70. The molecule has 0 unspecified atom stereocenters. The highest BCUT2D eigenvalue weighted by Gasteiger charge is 2.59. The molecule has 90 valence electrons. The van der Waals surface area contributed by atoms with Gasteiger partial charge in [0.05, 0.1) is 25.4 Å². The van der Waals surface area contributed by atoms with Crippen LogP contribution < -0.4 is 0 Å². The van der Waals surface area contributed by atoms with E-state index in [4.69, 9.17) is 9.47 Å². The molecule has 0 radical (unpaired) electrons. The van der Waals surface area contributed by atoms with Crippen LogP contribution in [0.5, 0.6) is 0 Å². The van der Waals surface area contributed by atoms with Crippen molar-refractivity contribution in [2.45, 2.75) is 6.42 Å². The fourth-order valence-electron chi connectivity index (χ4n) is 3.58. The Morgan fingerprint density at radius 2 is 1.41 bits per heavy atom. The van der Waals surface area contributed by atoms with Crippen LogP contribution in [0.3, 0.4) is 0 Å². The SMILES string of the molecule is COC(=O)C1=C(C(=O)OC)[C@H]2[C@H]1[C@H]1C=C[C@H]2C1. The number of rotatable bonds is 2. The average Bonchev–Trinajstić information content (AvgIpc) is 2.86. The normalized spacial score (nSPS) is 36.6. The maximum Gasteiger partial charge on any atom is 0.334 e. The summed E-state index contributed by atoms with van der Waals surface area (Å²) in [4.78, 5) is 23.5. The van der Waals surface area contributed by atoms with Gasteiger partial charge in [-0.1, -0.05) is 12.2 Å². The van der Waals surface area contributed by atoms with E-state index in [9.17, 15) is 9.59 Å². The molecule has 4 heteroatoms. The lowest BCUT2D eigenvalue weighted by Gasteiger charge is -2.40. The molecule has 0 N–H and O–H groups in total. The van der Waals surface area contributed by atoms with Gasteiger partial charge in [-0.25, -0.2) is 9.59 Å². The number of hydrogen-bond acceptors (Lipinski definition) is 4. The van der Waals surface area contributed by atoms with Gasteiger partial charge in [-0.05, 0) is 18.3 Å². The smallest absolute Gasteiger partial charge is 0.334 e. The molecule has 0 aromatic heterocycles. The van der Waals surface area contributed by atoms with Crippen molar-refractivity contribution in [2.75, 3.05) is 14.2 Å². The lowest BCUT2D eigenvalue weighted by atomic mass is 9.63. The molecule has 0 aromatic rings. The third-order valence-corrected chi connectivity index (χ3v) is 4.23. The minimum absolute atomic E-state index is 0.173. The summed E-state index contributed by atoms with van der Waals surface area (Å²) in [5, 5.41) is 0. The molecule has 0 aromatic carbocycles. The van der Waals surface area contributed by atoms with Crippen molar-refractivity contribution in [3.8, 4) is 0 Å². The number of methoxy groups -OCH3 is 2. The van der Waals surface area contributed by atoms with Crippen LogP contribution in [0.15, 0.2) is 23.3 Å². The molecule has 3 aliphatic rings. The van der Waals surface area contributed by atoms with Crippen LogP contribution in [-0.4, -0.2) is 26.2 Å². The van der Waals surface area contributed by atoms with Crippen molar-refractivity contribution in [1.29, 1.82) is 0 Å². The van der Waals surface area contributed by atoms with E-state index in [0.717, 1.165) is 6.42 Å². The standard InChI is InChI=1S/C13H14O4/c1-16-12(14)10-8-6-3-4-7(5-6)9(8)11(10)13(15)17-2/h3-4,6-9H,5H2,1-2H3/t6-,7-,8+,9+/m0/s1. The van der Waals surface area contributed by atoms with Crippen molar-refractivity contribution in [2.24, 2.45) is 23.7 Å². The monoisotopic (exact) mass is 234 g/mol. The van der Waals surface area contributed by atoms with Gasteiger partial charge in [-0.2, -0.15) is 0 Å². The number of carbonyl (C=O) groups is 2. The van der Waals surface area contributed by atoms with Crippen molar-refractivity contribution in [1.82, 2.24) is 0 Å². The largest absolute Gasteiger partial charge is 0.466 e. The maximum absolute atomic E-state index is 11.7. The third kappa shape index (κ3) is 1.18. The Morgan fingerprint density at radius 3 is 1.76 bits per heavy atom. The van der Waals surface area contributed by atoms with Crippen LogP contribution in [-0.2, 0) is 19.1 Å². The van der Waals surface area contributed by atoms with Gasteiger partial charge in [0.2, 0.25) is 0 Å². The molecule has 0 spiro atoms. The fraction of sp³-hybridized carbons (Fsp3) is 0.538. The first kappa shape index (κ1) is 10.6. The van der Waals surface area contributed by atoms with Crippen LogP contribution in [0.4, 0.5) is 0 Å². The Hall–Kier alpha value is -1.58. The molecule has 17 heavy (non-hydrogen) atoms. The summed E-state index contributed by atoms with van der Waals surface area (Å²) in [5.74, 6) is 0.373.